The second kappa shape index (κ2) is 7.52. The van der Waals surface area contributed by atoms with E-state index in [2.05, 4.69) is 32.2 Å². The van der Waals surface area contributed by atoms with Crippen LogP contribution >= 0.6 is 0 Å². The lowest BCUT2D eigenvalue weighted by Crippen LogP contribution is -2.35. The Kier molecular flexibility index (Phi) is 5.66. The molecule has 0 aromatic heterocycles. The molecule has 1 atom stereocenters. The molecule has 0 saturated carbocycles. The Morgan fingerprint density at radius 1 is 1.12 bits per heavy atom. The molecule has 3 nitrogen and oxygen atoms in total. The summed E-state index contributed by atoms with van der Waals surface area (Å²) in [4.78, 5) is 12.2. The van der Waals surface area contributed by atoms with Crippen molar-refractivity contribution in [1.29, 1.82) is 0 Å². The predicted octanol–water partition coefficient (Wildman–Crippen LogP) is 4.38. The van der Waals surface area contributed by atoms with Crippen molar-refractivity contribution in [2.45, 2.75) is 52.7 Å². The largest absolute Gasteiger partial charge is 0.481 e. The van der Waals surface area contributed by atoms with E-state index in [0.717, 1.165) is 5.56 Å². The number of aryl methyl sites for hydroxylation is 1. The van der Waals surface area contributed by atoms with Crippen LogP contribution in [0.4, 0.5) is 0 Å². The highest BCUT2D eigenvalue weighted by molar-refractivity contribution is 5.80. The minimum Gasteiger partial charge on any atom is -0.481 e. The van der Waals surface area contributed by atoms with E-state index in [0.29, 0.717) is 12.3 Å². The maximum absolute atomic E-state index is 12.2. The molecule has 3 heteroatoms. The summed E-state index contributed by atoms with van der Waals surface area (Å²) >= 11 is 0. The van der Waals surface area contributed by atoms with Gasteiger partial charge >= 0.3 is 0 Å². The van der Waals surface area contributed by atoms with Crippen LogP contribution in [0.15, 0.2) is 48.5 Å². The first kappa shape index (κ1) is 18.1. The molecule has 0 fully saturated rings. The molecule has 0 aliphatic rings. The molecule has 0 bridgehead atoms. The molecule has 0 spiro atoms. The number of carbonyl (C=O) groups excluding carboxylic acids is 1. The van der Waals surface area contributed by atoms with Crippen LogP contribution in [0, 0.1) is 6.92 Å². The van der Waals surface area contributed by atoms with Crippen molar-refractivity contribution in [2.75, 3.05) is 0 Å². The average molecular weight is 325 g/mol. The fraction of sp³-hybridized carbons (Fsp3) is 0.381. The van der Waals surface area contributed by atoms with Crippen molar-refractivity contribution in [3.8, 4) is 5.75 Å². The highest BCUT2D eigenvalue weighted by Gasteiger charge is 2.16. The maximum Gasteiger partial charge on any atom is 0.261 e. The van der Waals surface area contributed by atoms with Gasteiger partial charge in [0.2, 0.25) is 0 Å². The molecule has 2 rings (SSSR count). The zero-order valence-electron chi connectivity index (χ0n) is 15.2. The summed E-state index contributed by atoms with van der Waals surface area (Å²) < 4.78 is 5.74. The Morgan fingerprint density at radius 3 is 2.38 bits per heavy atom. The molecule has 0 radical (unpaired) electrons. The van der Waals surface area contributed by atoms with E-state index in [9.17, 15) is 4.79 Å². The summed E-state index contributed by atoms with van der Waals surface area (Å²) in [5, 5.41) is 2.92. The quantitative estimate of drug-likeness (QED) is 0.886. The van der Waals surface area contributed by atoms with E-state index in [1.54, 1.807) is 6.92 Å². The number of ether oxygens (including phenoxy) is 1. The topological polar surface area (TPSA) is 38.3 Å². The molecule has 0 aliphatic carbocycles. The predicted molar refractivity (Wildman–Crippen MR) is 98.3 cm³/mol. The second-order valence-electron chi connectivity index (χ2n) is 7.24. The number of hydrogen-bond acceptors (Lipinski definition) is 2. The first-order valence-corrected chi connectivity index (χ1v) is 8.36. The number of carbonyl (C=O) groups is 1. The van der Waals surface area contributed by atoms with Crippen molar-refractivity contribution >= 4 is 5.91 Å². The molecule has 0 heterocycles. The zero-order valence-corrected chi connectivity index (χ0v) is 15.2. The van der Waals surface area contributed by atoms with E-state index in [1.165, 1.54) is 11.1 Å². The molecular formula is C21H27NO2. The molecule has 0 saturated heterocycles. The lowest BCUT2D eigenvalue weighted by molar-refractivity contribution is -0.127. The third-order valence-electron chi connectivity index (χ3n) is 3.95. The van der Waals surface area contributed by atoms with Gasteiger partial charge in [-0.3, -0.25) is 4.79 Å². The van der Waals surface area contributed by atoms with Gasteiger partial charge in [0.05, 0.1) is 0 Å². The van der Waals surface area contributed by atoms with E-state index in [-0.39, 0.29) is 11.3 Å². The highest BCUT2D eigenvalue weighted by Crippen LogP contribution is 2.24. The van der Waals surface area contributed by atoms with Gasteiger partial charge in [-0.1, -0.05) is 62.7 Å². The van der Waals surface area contributed by atoms with Gasteiger partial charge in [0.1, 0.15) is 5.75 Å². The maximum atomic E-state index is 12.2. The molecule has 24 heavy (non-hydrogen) atoms. The van der Waals surface area contributed by atoms with E-state index in [1.807, 2.05) is 49.4 Å². The smallest absolute Gasteiger partial charge is 0.261 e. The highest BCUT2D eigenvalue weighted by atomic mass is 16.5. The first-order chi connectivity index (χ1) is 11.3. The summed E-state index contributed by atoms with van der Waals surface area (Å²) in [6.07, 6.45) is -0.532. The van der Waals surface area contributed by atoms with Gasteiger partial charge in [-0.25, -0.2) is 0 Å². The van der Waals surface area contributed by atoms with Gasteiger partial charge in [-0.2, -0.15) is 0 Å². The van der Waals surface area contributed by atoms with Crippen molar-refractivity contribution < 1.29 is 9.53 Å². The van der Waals surface area contributed by atoms with Crippen LogP contribution in [-0.2, 0) is 16.8 Å². The van der Waals surface area contributed by atoms with Crippen LogP contribution in [0.2, 0.25) is 0 Å². The molecule has 1 amide bonds. The van der Waals surface area contributed by atoms with Gasteiger partial charge in [0.25, 0.3) is 5.91 Å². The molecule has 2 aromatic carbocycles. The summed E-state index contributed by atoms with van der Waals surface area (Å²) in [6, 6.07) is 16.0. The Labute approximate surface area is 145 Å². The molecule has 2 aromatic rings. The molecule has 128 valence electrons. The van der Waals surface area contributed by atoms with E-state index in [4.69, 9.17) is 4.74 Å². The van der Waals surface area contributed by atoms with Crippen molar-refractivity contribution in [2.24, 2.45) is 0 Å². The average Bonchev–Trinajstić information content (AvgIpc) is 2.52. The van der Waals surface area contributed by atoms with Crippen molar-refractivity contribution in [1.82, 2.24) is 5.32 Å². The van der Waals surface area contributed by atoms with Crippen molar-refractivity contribution in [3.63, 3.8) is 0 Å². The third kappa shape index (κ3) is 5.12. The zero-order chi connectivity index (χ0) is 17.7. The number of nitrogens with one attached hydrogen (secondary N) is 1. The lowest BCUT2D eigenvalue weighted by Gasteiger charge is -2.20. The van der Waals surface area contributed by atoms with Gasteiger partial charge in [-0.05, 0) is 42.5 Å². The fourth-order valence-corrected chi connectivity index (χ4v) is 2.45. The number of hydrogen-bond donors (Lipinski definition) is 1. The van der Waals surface area contributed by atoms with E-state index >= 15 is 0 Å². The van der Waals surface area contributed by atoms with Crippen LogP contribution in [0.3, 0.4) is 0 Å². The minimum atomic E-state index is -0.532. The summed E-state index contributed by atoms with van der Waals surface area (Å²) in [6.45, 7) is 10.8. The number of amides is 1. The van der Waals surface area contributed by atoms with Crippen LogP contribution in [-0.4, -0.2) is 12.0 Å². The minimum absolute atomic E-state index is 0.106. The van der Waals surface area contributed by atoms with Crippen LogP contribution < -0.4 is 10.1 Å². The first-order valence-electron chi connectivity index (χ1n) is 8.36. The van der Waals surface area contributed by atoms with Crippen LogP contribution in [0.25, 0.3) is 0 Å². The van der Waals surface area contributed by atoms with Crippen LogP contribution in [0.1, 0.15) is 44.4 Å². The summed E-state index contributed by atoms with van der Waals surface area (Å²) in [5.74, 6) is 0.595. The number of benzene rings is 2. The Morgan fingerprint density at radius 2 is 1.79 bits per heavy atom. The van der Waals surface area contributed by atoms with Gasteiger partial charge in [0.15, 0.2) is 6.10 Å². The summed E-state index contributed by atoms with van der Waals surface area (Å²) in [5.41, 5.74) is 3.62. The molecular weight excluding hydrogens is 298 g/mol. The van der Waals surface area contributed by atoms with Crippen LogP contribution in [0.5, 0.6) is 5.75 Å². The summed E-state index contributed by atoms with van der Waals surface area (Å²) in [7, 11) is 0. The van der Waals surface area contributed by atoms with Crippen molar-refractivity contribution in [3.05, 3.63) is 65.2 Å². The lowest BCUT2D eigenvalue weighted by atomic mass is 9.87. The fourth-order valence-electron chi connectivity index (χ4n) is 2.45. The Bertz CT molecular complexity index is 684. The standard InChI is InChI=1S/C21H27NO2/c1-15-7-6-8-17(13-15)14-22-20(23)16(2)24-19-11-9-18(10-12-19)21(3,4)5/h6-13,16H,14H2,1-5H3,(H,22,23)/t16-/m1/s1. The Balaban J connectivity index is 1.89. The van der Waals surface area contributed by atoms with Gasteiger partial charge in [0, 0.05) is 6.54 Å². The normalized spacial score (nSPS) is 12.5. The molecule has 0 unspecified atom stereocenters. The molecule has 1 N–H and O–H groups in total. The Hall–Kier alpha value is -2.29. The van der Waals surface area contributed by atoms with Gasteiger partial charge < -0.3 is 10.1 Å². The second-order valence-corrected chi connectivity index (χ2v) is 7.24. The molecule has 0 aliphatic heterocycles. The third-order valence-corrected chi connectivity index (χ3v) is 3.95. The SMILES string of the molecule is Cc1cccc(CNC(=O)[C@@H](C)Oc2ccc(C(C)(C)C)cc2)c1. The van der Waals surface area contributed by atoms with E-state index < -0.39 is 6.10 Å². The van der Waals surface area contributed by atoms with Gasteiger partial charge in [-0.15, -0.1) is 0 Å². The monoisotopic (exact) mass is 325 g/mol. The number of rotatable bonds is 5.